The average molecular weight is 916 g/mol. The van der Waals surface area contributed by atoms with E-state index in [1.165, 1.54) is 5.56 Å². The largest absolute Gasteiger partial charge is 0.509 e. The zero-order valence-corrected chi connectivity index (χ0v) is 34.3. The van der Waals surface area contributed by atoms with Crippen LogP contribution in [0.15, 0.2) is 146 Å². The number of anilines is 4. The van der Waals surface area contributed by atoms with Crippen molar-refractivity contribution in [2.45, 2.75) is 52.4 Å². The third-order valence-corrected chi connectivity index (χ3v) is 10.2. The van der Waals surface area contributed by atoms with Gasteiger partial charge in [0.1, 0.15) is 5.82 Å². The summed E-state index contributed by atoms with van der Waals surface area (Å²) >= 11 is 0. The average Bonchev–Trinajstić information content (AvgIpc) is 3.78. The van der Waals surface area contributed by atoms with Crippen molar-refractivity contribution in [3.63, 3.8) is 0 Å². The van der Waals surface area contributed by atoms with E-state index in [0.29, 0.717) is 22.7 Å². The maximum absolute atomic E-state index is 8.87. The van der Waals surface area contributed by atoms with E-state index in [0.717, 1.165) is 50.2 Å². The van der Waals surface area contributed by atoms with Gasteiger partial charge in [-0.15, -0.1) is 48.1 Å². The van der Waals surface area contributed by atoms with Crippen molar-refractivity contribution in [3.05, 3.63) is 176 Å². The molecular weight excluding hydrogens is 868 g/mol. The first kappa shape index (κ1) is 31.6. The van der Waals surface area contributed by atoms with Gasteiger partial charge in [0, 0.05) is 66.9 Å². The number of fused-ring (bicyclic) bond motifs is 4. The van der Waals surface area contributed by atoms with Crippen molar-refractivity contribution in [2.75, 3.05) is 9.80 Å². The van der Waals surface area contributed by atoms with E-state index in [9.17, 15) is 0 Å². The van der Waals surface area contributed by atoms with Crippen LogP contribution in [-0.2, 0) is 31.9 Å². The first-order valence-corrected chi connectivity index (χ1v) is 18.5. The Kier molecular flexibility index (Phi) is 8.14. The molecule has 0 fully saturated rings. The number of benzene rings is 6. The summed E-state index contributed by atoms with van der Waals surface area (Å²) in [6, 6.07) is 41.5. The van der Waals surface area contributed by atoms with E-state index in [4.69, 9.17) is 16.6 Å². The summed E-state index contributed by atoms with van der Waals surface area (Å²) in [6.07, 6.45) is 1.86. The van der Waals surface area contributed by atoms with Crippen LogP contribution in [0.3, 0.4) is 0 Å². The van der Waals surface area contributed by atoms with Gasteiger partial charge in [0.15, 0.2) is 0 Å². The minimum atomic E-state index is -0.425. The van der Waals surface area contributed by atoms with Crippen LogP contribution in [0.4, 0.5) is 22.7 Å². The summed E-state index contributed by atoms with van der Waals surface area (Å²) in [7, 11) is 0. The van der Waals surface area contributed by atoms with Crippen molar-refractivity contribution in [2.24, 2.45) is 0 Å². The molecule has 0 bridgehead atoms. The van der Waals surface area contributed by atoms with E-state index in [2.05, 4.69) is 94.6 Å². The third-order valence-electron chi connectivity index (χ3n) is 10.2. The fourth-order valence-electron chi connectivity index (χ4n) is 7.22. The summed E-state index contributed by atoms with van der Waals surface area (Å²) in [5.74, 6) is 1.84. The van der Waals surface area contributed by atoms with E-state index in [1.54, 1.807) is 0 Å². The number of aromatic nitrogens is 2. The van der Waals surface area contributed by atoms with Crippen molar-refractivity contribution in [1.82, 2.24) is 9.55 Å². The minimum absolute atomic E-state index is 0. The number of nitrogens with zero attached hydrogens (tertiary/aromatic N) is 4. The van der Waals surface area contributed by atoms with Gasteiger partial charge in [-0.3, -0.25) is 0 Å². The van der Waals surface area contributed by atoms with Crippen LogP contribution in [0.2, 0.25) is 0 Å². The van der Waals surface area contributed by atoms with Crippen molar-refractivity contribution < 1.29 is 32.7 Å². The zero-order chi connectivity index (χ0) is 42.2. The standard InChI is InChI=1S/C50H43N4O.Pt/c1-49(2,3)35-23-25-40(34-15-8-7-9-16-34)46(29-35)53-33-52(44-21-12-13-22-45(44)53)37-17-14-18-38(31-37)55-39-24-26-42-41-19-10-11-20-43(41)54(47(42)32-39)48-30-36(27-28-51-48)50(4,5)6;/h7-30,33H,1-6H3;/q-3;/i7D,8D,9D,15D,16D;. The van der Waals surface area contributed by atoms with Crippen LogP contribution in [-0.4, -0.2) is 9.55 Å². The fraction of sp³-hybridized carbons (Fsp3) is 0.160. The fourth-order valence-corrected chi connectivity index (χ4v) is 7.22. The Labute approximate surface area is 351 Å². The monoisotopic (exact) mass is 915 g/mol. The quantitative estimate of drug-likeness (QED) is 0.156. The Morgan fingerprint density at radius 3 is 2.11 bits per heavy atom. The Bertz CT molecular complexity index is 2980. The Hall–Kier alpha value is -5.64. The van der Waals surface area contributed by atoms with Gasteiger partial charge in [-0.1, -0.05) is 120 Å². The van der Waals surface area contributed by atoms with Crippen molar-refractivity contribution in [1.29, 1.82) is 0 Å². The molecule has 56 heavy (non-hydrogen) atoms. The molecule has 9 rings (SSSR count). The SMILES string of the molecule is [2H]c1c([2H])c([2H])c(-c2ccc(C(C)(C)C)cc2N2[CH-]N(c3[c-]c(Oc4[c-]c5c(cc4)c4ccccc4n5-c4cc(C(C)(C)C)ccn4)ccc3)c3ccccc32)c([2H])c1[2H].[Pt]. The molecule has 0 unspecified atom stereocenters. The molecule has 5 nitrogen and oxygen atoms in total. The van der Waals surface area contributed by atoms with Gasteiger partial charge >= 0.3 is 0 Å². The maximum Gasteiger partial charge on any atom is 0.135 e. The predicted molar refractivity (Wildman–Crippen MR) is 227 cm³/mol. The number of hydrogen-bond donors (Lipinski definition) is 0. The van der Waals surface area contributed by atoms with Gasteiger partial charge in [0.05, 0.1) is 6.85 Å². The Balaban J connectivity index is 0.00000514. The molecule has 0 radical (unpaired) electrons. The molecule has 6 aromatic carbocycles. The van der Waals surface area contributed by atoms with Crippen LogP contribution in [0.1, 0.15) is 59.5 Å². The molecule has 2 aromatic heterocycles. The number of pyridine rings is 1. The summed E-state index contributed by atoms with van der Waals surface area (Å²) in [5, 5.41) is 2.14. The molecule has 6 heteroatoms. The van der Waals surface area contributed by atoms with Gasteiger partial charge in [-0.05, 0) is 69.3 Å². The van der Waals surface area contributed by atoms with Crippen LogP contribution in [0, 0.1) is 18.8 Å². The van der Waals surface area contributed by atoms with Gasteiger partial charge < -0.3 is 19.1 Å². The molecule has 0 saturated carbocycles. The van der Waals surface area contributed by atoms with Gasteiger partial charge in [0.25, 0.3) is 0 Å². The minimum Gasteiger partial charge on any atom is -0.509 e. The van der Waals surface area contributed by atoms with E-state index >= 15 is 0 Å². The van der Waals surface area contributed by atoms with Gasteiger partial charge in [0.2, 0.25) is 0 Å². The van der Waals surface area contributed by atoms with Gasteiger partial charge in [-0.25, -0.2) is 4.98 Å². The third kappa shape index (κ3) is 6.79. The molecule has 0 atom stereocenters. The molecular formula is C50H43N4OPt-3. The first-order chi connectivity index (χ1) is 28.6. The smallest absolute Gasteiger partial charge is 0.135 e. The second-order valence-corrected chi connectivity index (χ2v) is 15.9. The normalized spacial score (nSPS) is 14.1. The second kappa shape index (κ2) is 14.5. The number of rotatable bonds is 6. The molecule has 0 aliphatic carbocycles. The van der Waals surface area contributed by atoms with Crippen LogP contribution < -0.4 is 14.5 Å². The Morgan fingerprint density at radius 2 is 1.34 bits per heavy atom. The first-order valence-electron chi connectivity index (χ1n) is 21.0. The molecule has 0 saturated heterocycles. The van der Waals surface area contributed by atoms with E-state index < -0.39 is 6.04 Å². The predicted octanol–water partition coefficient (Wildman–Crippen LogP) is 13.2. The number of para-hydroxylation sites is 3. The molecule has 0 amide bonds. The molecule has 282 valence electrons. The van der Waals surface area contributed by atoms with E-state index in [-0.39, 0.29) is 61.6 Å². The molecule has 8 aromatic rings. The molecule has 0 N–H and O–H groups in total. The molecule has 1 aliphatic heterocycles. The Morgan fingerprint density at radius 1 is 0.643 bits per heavy atom. The van der Waals surface area contributed by atoms with Crippen LogP contribution >= 0.6 is 0 Å². The molecule has 0 spiro atoms. The topological polar surface area (TPSA) is 33.5 Å². The summed E-state index contributed by atoms with van der Waals surface area (Å²) < 4.78 is 51.6. The number of ether oxygens (including phenoxy) is 1. The van der Waals surface area contributed by atoms with Crippen LogP contribution in [0.5, 0.6) is 11.5 Å². The van der Waals surface area contributed by atoms with E-state index in [1.807, 2.05) is 95.5 Å². The van der Waals surface area contributed by atoms with Gasteiger partial charge in [-0.2, -0.15) is 12.1 Å². The number of hydrogen-bond acceptors (Lipinski definition) is 4. The second-order valence-electron chi connectivity index (χ2n) is 15.9. The van der Waals surface area contributed by atoms with Crippen molar-refractivity contribution in [3.8, 4) is 28.4 Å². The zero-order valence-electron chi connectivity index (χ0n) is 37.1. The molecule has 1 aliphatic rings. The van der Waals surface area contributed by atoms with Crippen LogP contribution in [0.25, 0.3) is 38.8 Å². The summed E-state index contributed by atoms with van der Waals surface area (Å²) in [4.78, 5) is 8.85. The maximum atomic E-state index is 8.87. The molecule has 3 heterocycles. The van der Waals surface area contributed by atoms with Crippen molar-refractivity contribution >= 4 is 44.6 Å². The summed E-state index contributed by atoms with van der Waals surface area (Å²) in [5.41, 5.74) is 7.63. The summed E-state index contributed by atoms with van der Waals surface area (Å²) in [6.45, 7) is 14.9.